The van der Waals surface area contributed by atoms with Gasteiger partial charge in [0, 0.05) is 12.6 Å². The third-order valence-electron chi connectivity index (χ3n) is 2.29. The highest BCUT2D eigenvalue weighted by Crippen LogP contribution is 2.19. The molecule has 0 aromatic heterocycles. The molecule has 0 aromatic rings. The van der Waals surface area contributed by atoms with Crippen LogP contribution in [0, 0.1) is 0 Å². The fourth-order valence-corrected chi connectivity index (χ4v) is 1.65. The Kier molecular flexibility index (Phi) is 2.68. The largest absolute Gasteiger partial charge is 0.474 e. The van der Waals surface area contributed by atoms with Crippen LogP contribution < -0.4 is 0 Å². The highest BCUT2D eigenvalue weighted by atomic mass is 16.4. The van der Waals surface area contributed by atoms with E-state index in [4.69, 9.17) is 5.11 Å². The van der Waals surface area contributed by atoms with Crippen LogP contribution in [-0.2, 0) is 9.59 Å². The van der Waals surface area contributed by atoms with E-state index in [2.05, 4.69) is 0 Å². The van der Waals surface area contributed by atoms with Gasteiger partial charge in [0.25, 0.3) is 0 Å². The summed E-state index contributed by atoms with van der Waals surface area (Å²) in [7, 11) is 0. The normalized spacial score (nSPS) is 22.8. The van der Waals surface area contributed by atoms with Crippen molar-refractivity contribution in [1.29, 1.82) is 0 Å². The Bertz CT molecular complexity index is 202. The lowest BCUT2D eigenvalue weighted by Gasteiger charge is -2.20. The number of rotatable bonds is 1. The molecule has 0 bridgehead atoms. The molecular weight excluding hydrogens is 158 g/mol. The maximum absolute atomic E-state index is 11.0. The van der Waals surface area contributed by atoms with Crippen LogP contribution in [0.4, 0.5) is 0 Å². The summed E-state index contributed by atoms with van der Waals surface area (Å²) in [6.45, 7) is 2.57. The van der Waals surface area contributed by atoms with E-state index in [0.29, 0.717) is 6.54 Å². The van der Waals surface area contributed by atoms with E-state index in [1.807, 2.05) is 6.92 Å². The highest BCUT2D eigenvalue weighted by Gasteiger charge is 2.30. The zero-order valence-corrected chi connectivity index (χ0v) is 7.12. The van der Waals surface area contributed by atoms with Crippen molar-refractivity contribution < 1.29 is 14.7 Å². The molecule has 1 aliphatic rings. The number of carboxylic acids is 1. The molecule has 68 valence electrons. The first-order chi connectivity index (χ1) is 5.66. The lowest BCUT2D eigenvalue weighted by atomic mass is 10.2. The predicted molar refractivity (Wildman–Crippen MR) is 42.7 cm³/mol. The van der Waals surface area contributed by atoms with E-state index in [1.165, 1.54) is 4.90 Å². The van der Waals surface area contributed by atoms with Gasteiger partial charge in [-0.05, 0) is 19.3 Å². The predicted octanol–water partition coefficient (Wildman–Crippen LogP) is 0.472. The fourth-order valence-electron chi connectivity index (χ4n) is 1.65. The molecule has 4 heteroatoms. The van der Waals surface area contributed by atoms with Gasteiger partial charge in [-0.1, -0.05) is 6.92 Å². The number of amides is 1. The molecule has 4 nitrogen and oxygen atoms in total. The molecule has 0 radical (unpaired) electrons. The SMILES string of the molecule is CC[C@H]1CCCN1C(=O)C(=O)O. The molecular formula is C8H13NO3. The zero-order valence-electron chi connectivity index (χ0n) is 7.12. The zero-order chi connectivity index (χ0) is 9.14. The summed E-state index contributed by atoms with van der Waals surface area (Å²) in [5.41, 5.74) is 0. The number of carboxylic acid groups (broad SMARTS) is 1. The number of carbonyl (C=O) groups excluding carboxylic acids is 1. The van der Waals surface area contributed by atoms with Crippen molar-refractivity contribution in [2.75, 3.05) is 6.54 Å². The second kappa shape index (κ2) is 3.56. The molecule has 1 N–H and O–H groups in total. The molecule has 1 fully saturated rings. The molecule has 1 heterocycles. The van der Waals surface area contributed by atoms with Crippen molar-refractivity contribution in [3.05, 3.63) is 0 Å². The first-order valence-corrected chi connectivity index (χ1v) is 4.20. The van der Waals surface area contributed by atoms with E-state index in [0.717, 1.165) is 19.3 Å². The minimum absolute atomic E-state index is 0.147. The Labute approximate surface area is 71.2 Å². The van der Waals surface area contributed by atoms with Crippen molar-refractivity contribution in [3.8, 4) is 0 Å². The van der Waals surface area contributed by atoms with Gasteiger partial charge in [0.15, 0.2) is 0 Å². The van der Waals surface area contributed by atoms with Crippen LogP contribution in [0.1, 0.15) is 26.2 Å². The molecule has 1 amide bonds. The molecule has 0 aliphatic carbocycles. The second-order valence-electron chi connectivity index (χ2n) is 3.01. The van der Waals surface area contributed by atoms with Crippen molar-refractivity contribution in [2.45, 2.75) is 32.2 Å². The van der Waals surface area contributed by atoms with Crippen LogP contribution in [0.3, 0.4) is 0 Å². The molecule has 0 saturated carbocycles. The average Bonchev–Trinajstić information content (AvgIpc) is 2.49. The summed E-state index contributed by atoms with van der Waals surface area (Å²) >= 11 is 0. The Morgan fingerprint density at radius 2 is 2.25 bits per heavy atom. The molecule has 0 aromatic carbocycles. The summed E-state index contributed by atoms with van der Waals surface area (Å²) < 4.78 is 0. The Morgan fingerprint density at radius 1 is 1.58 bits per heavy atom. The van der Waals surface area contributed by atoms with Gasteiger partial charge in [-0.15, -0.1) is 0 Å². The summed E-state index contributed by atoms with van der Waals surface area (Å²) in [4.78, 5) is 22.9. The average molecular weight is 171 g/mol. The number of nitrogens with zero attached hydrogens (tertiary/aromatic N) is 1. The van der Waals surface area contributed by atoms with E-state index in [1.54, 1.807) is 0 Å². The number of carbonyl (C=O) groups is 2. The quantitative estimate of drug-likeness (QED) is 0.583. The molecule has 12 heavy (non-hydrogen) atoms. The first kappa shape index (κ1) is 9.03. The van der Waals surface area contributed by atoms with Gasteiger partial charge in [0.2, 0.25) is 0 Å². The molecule has 1 atom stereocenters. The van der Waals surface area contributed by atoms with Gasteiger partial charge >= 0.3 is 11.9 Å². The standard InChI is InChI=1S/C8H13NO3/c1-2-6-4-3-5-9(6)7(10)8(11)12/h6H,2-5H2,1H3,(H,11,12)/t6-/m0/s1. The van der Waals surface area contributed by atoms with Gasteiger partial charge in [-0.3, -0.25) is 4.79 Å². The Morgan fingerprint density at radius 3 is 2.75 bits per heavy atom. The molecule has 0 unspecified atom stereocenters. The maximum atomic E-state index is 11.0. The molecule has 0 spiro atoms. The minimum Gasteiger partial charge on any atom is -0.474 e. The third-order valence-corrected chi connectivity index (χ3v) is 2.29. The van der Waals surface area contributed by atoms with E-state index in [-0.39, 0.29) is 6.04 Å². The van der Waals surface area contributed by atoms with Gasteiger partial charge in [-0.25, -0.2) is 4.79 Å². The van der Waals surface area contributed by atoms with Crippen LogP contribution in [0.15, 0.2) is 0 Å². The second-order valence-corrected chi connectivity index (χ2v) is 3.01. The summed E-state index contributed by atoms with van der Waals surface area (Å²) in [6.07, 6.45) is 2.71. The van der Waals surface area contributed by atoms with Crippen molar-refractivity contribution in [2.24, 2.45) is 0 Å². The number of hydrogen-bond acceptors (Lipinski definition) is 2. The van der Waals surface area contributed by atoms with Crippen LogP contribution in [0.2, 0.25) is 0 Å². The van der Waals surface area contributed by atoms with Gasteiger partial charge < -0.3 is 10.0 Å². The number of hydrogen-bond donors (Lipinski definition) is 1. The van der Waals surface area contributed by atoms with Crippen molar-refractivity contribution in [3.63, 3.8) is 0 Å². The van der Waals surface area contributed by atoms with Gasteiger partial charge in [-0.2, -0.15) is 0 Å². The summed E-state index contributed by atoms with van der Waals surface area (Å²) in [5.74, 6) is -2.09. The van der Waals surface area contributed by atoms with Gasteiger partial charge in [0.05, 0.1) is 0 Å². The smallest absolute Gasteiger partial charge is 0.394 e. The number of aliphatic carboxylic acids is 1. The Hall–Kier alpha value is -1.06. The lowest BCUT2D eigenvalue weighted by molar-refractivity contribution is -0.156. The highest BCUT2D eigenvalue weighted by molar-refractivity contribution is 6.31. The topological polar surface area (TPSA) is 57.6 Å². The van der Waals surface area contributed by atoms with Gasteiger partial charge in [0.1, 0.15) is 0 Å². The molecule has 1 rings (SSSR count). The van der Waals surface area contributed by atoms with Crippen LogP contribution in [0.5, 0.6) is 0 Å². The summed E-state index contributed by atoms with van der Waals surface area (Å²) in [6, 6.07) is 0.147. The van der Waals surface area contributed by atoms with Crippen LogP contribution in [-0.4, -0.2) is 34.5 Å². The molecule has 1 aliphatic heterocycles. The monoisotopic (exact) mass is 171 g/mol. The fraction of sp³-hybridized carbons (Fsp3) is 0.750. The maximum Gasteiger partial charge on any atom is 0.394 e. The summed E-state index contributed by atoms with van der Waals surface area (Å²) in [5, 5.41) is 8.46. The lowest BCUT2D eigenvalue weighted by Crippen LogP contribution is -2.39. The van der Waals surface area contributed by atoms with E-state index in [9.17, 15) is 9.59 Å². The van der Waals surface area contributed by atoms with E-state index < -0.39 is 11.9 Å². The van der Waals surface area contributed by atoms with Crippen molar-refractivity contribution >= 4 is 11.9 Å². The number of likely N-dealkylation sites (tertiary alicyclic amines) is 1. The van der Waals surface area contributed by atoms with E-state index >= 15 is 0 Å². The molecule has 1 saturated heterocycles. The van der Waals surface area contributed by atoms with Crippen LogP contribution >= 0.6 is 0 Å². The van der Waals surface area contributed by atoms with Crippen LogP contribution in [0.25, 0.3) is 0 Å². The minimum atomic E-state index is -1.34. The first-order valence-electron chi connectivity index (χ1n) is 4.20. The Balaban J connectivity index is 2.61. The third kappa shape index (κ3) is 1.57. The van der Waals surface area contributed by atoms with Crippen molar-refractivity contribution in [1.82, 2.24) is 4.90 Å².